The van der Waals surface area contributed by atoms with Crippen molar-refractivity contribution in [1.82, 2.24) is 4.98 Å². The number of aromatic nitrogens is 1. The Kier molecular flexibility index (Phi) is 6.17. The number of pyridine rings is 1. The number of para-hydroxylation sites is 2. The Balaban J connectivity index is 1.72. The molecular formula is C23H26N2OS. The van der Waals surface area contributed by atoms with Gasteiger partial charge in [0.1, 0.15) is 0 Å². The van der Waals surface area contributed by atoms with E-state index in [1.807, 2.05) is 18.2 Å². The Bertz CT molecular complexity index is 968. The fourth-order valence-corrected chi connectivity index (χ4v) is 3.96. The zero-order valence-corrected chi connectivity index (χ0v) is 17.2. The monoisotopic (exact) mass is 378 g/mol. The summed E-state index contributed by atoms with van der Waals surface area (Å²) in [6.07, 6.45) is 1.04. The molecule has 1 amide bonds. The van der Waals surface area contributed by atoms with Crippen LogP contribution in [0.4, 0.5) is 5.69 Å². The molecule has 0 aliphatic carbocycles. The van der Waals surface area contributed by atoms with Crippen molar-refractivity contribution in [3.8, 4) is 0 Å². The molecule has 0 unspecified atom stereocenters. The second-order valence-corrected chi connectivity index (χ2v) is 7.98. The summed E-state index contributed by atoms with van der Waals surface area (Å²) in [5.74, 6) is 0.764. The van der Waals surface area contributed by atoms with Crippen molar-refractivity contribution in [2.75, 3.05) is 11.1 Å². The van der Waals surface area contributed by atoms with E-state index in [2.05, 4.69) is 63.3 Å². The summed E-state index contributed by atoms with van der Waals surface area (Å²) < 4.78 is 0. The molecule has 0 radical (unpaired) electrons. The first-order valence-electron chi connectivity index (χ1n) is 9.38. The average Bonchev–Trinajstić information content (AvgIpc) is 2.67. The molecular weight excluding hydrogens is 352 g/mol. The van der Waals surface area contributed by atoms with Gasteiger partial charge in [-0.05, 0) is 55.0 Å². The first-order chi connectivity index (χ1) is 13.0. The highest BCUT2D eigenvalue weighted by Gasteiger charge is 2.12. The number of benzene rings is 2. The minimum atomic E-state index is 0.0000803. The molecule has 1 N–H and O–H groups in total. The molecule has 1 heterocycles. The minimum Gasteiger partial charge on any atom is -0.325 e. The zero-order chi connectivity index (χ0) is 19.4. The maximum absolute atomic E-state index is 12.5. The van der Waals surface area contributed by atoms with E-state index < -0.39 is 0 Å². The van der Waals surface area contributed by atoms with Crippen molar-refractivity contribution in [2.45, 2.75) is 45.1 Å². The van der Waals surface area contributed by atoms with Crippen LogP contribution < -0.4 is 5.32 Å². The van der Waals surface area contributed by atoms with E-state index in [1.54, 1.807) is 0 Å². The predicted octanol–water partition coefficient (Wildman–Crippen LogP) is 6.10. The minimum absolute atomic E-state index is 0.0000803. The Hall–Kier alpha value is -2.33. The normalized spacial score (nSPS) is 12.1. The SMILES string of the molecule is CC[C@@H](C)c1ccccc1NC(=O)CSc1cc(C)c2cccc(C)c2n1. The Morgan fingerprint density at radius 1 is 1.11 bits per heavy atom. The van der Waals surface area contributed by atoms with Crippen molar-refractivity contribution in [1.29, 1.82) is 0 Å². The van der Waals surface area contributed by atoms with Gasteiger partial charge in [-0.1, -0.05) is 62.0 Å². The van der Waals surface area contributed by atoms with Crippen molar-refractivity contribution in [3.05, 3.63) is 65.2 Å². The summed E-state index contributed by atoms with van der Waals surface area (Å²) in [4.78, 5) is 17.3. The zero-order valence-electron chi connectivity index (χ0n) is 16.4. The number of nitrogens with zero attached hydrogens (tertiary/aromatic N) is 1. The van der Waals surface area contributed by atoms with Crippen molar-refractivity contribution in [3.63, 3.8) is 0 Å². The third-order valence-corrected chi connectivity index (χ3v) is 5.87. The first-order valence-corrected chi connectivity index (χ1v) is 10.4. The number of thioether (sulfide) groups is 1. The van der Waals surface area contributed by atoms with E-state index in [9.17, 15) is 4.79 Å². The van der Waals surface area contributed by atoms with Gasteiger partial charge in [-0.25, -0.2) is 4.98 Å². The number of rotatable bonds is 6. The maximum Gasteiger partial charge on any atom is 0.234 e. The number of hydrogen-bond donors (Lipinski definition) is 1. The standard InChI is InChI=1S/C23H26N2OS/c1-5-15(2)18-10-6-7-12-20(18)24-21(26)14-27-22-13-17(4)19-11-8-9-16(3)23(19)25-22/h6-13,15H,5,14H2,1-4H3,(H,24,26)/t15-/m1/s1. The molecule has 1 atom stereocenters. The summed E-state index contributed by atoms with van der Waals surface area (Å²) in [5.41, 5.74) is 5.46. The van der Waals surface area contributed by atoms with E-state index >= 15 is 0 Å². The van der Waals surface area contributed by atoms with E-state index in [-0.39, 0.29) is 5.91 Å². The lowest BCUT2D eigenvalue weighted by Gasteiger charge is -2.15. The number of hydrogen-bond acceptors (Lipinski definition) is 3. The van der Waals surface area contributed by atoms with Crippen molar-refractivity contribution >= 4 is 34.3 Å². The number of fused-ring (bicyclic) bond motifs is 1. The number of nitrogens with one attached hydrogen (secondary N) is 1. The third kappa shape index (κ3) is 4.51. The molecule has 3 aromatic rings. The molecule has 1 aromatic heterocycles. The third-order valence-electron chi connectivity index (χ3n) is 4.95. The number of aryl methyl sites for hydroxylation is 2. The highest BCUT2D eigenvalue weighted by Crippen LogP contribution is 2.28. The Labute approximate surface area is 165 Å². The van der Waals surface area contributed by atoms with E-state index in [4.69, 9.17) is 4.98 Å². The van der Waals surface area contributed by atoms with Crippen LogP contribution in [0, 0.1) is 13.8 Å². The molecule has 3 rings (SSSR count). The number of amides is 1. The lowest BCUT2D eigenvalue weighted by molar-refractivity contribution is -0.113. The molecule has 140 valence electrons. The van der Waals surface area contributed by atoms with Crippen LogP contribution in [0.5, 0.6) is 0 Å². The fourth-order valence-electron chi connectivity index (χ4n) is 3.19. The Morgan fingerprint density at radius 3 is 2.67 bits per heavy atom. The van der Waals surface area contributed by atoms with Gasteiger partial charge in [0.05, 0.1) is 16.3 Å². The second kappa shape index (κ2) is 8.57. The lowest BCUT2D eigenvalue weighted by atomic mass is 9.97. The Morgan fingerprint density at radius 2 is 1.89 bits per heavy atom. The summed E-state index contributed by atoms with van der Waals surface area (Å²) in [7, 11) is 0. The highest BCUT2D eigenvalue weighted by atomic mass is 32.2. The fraction of sp³-hybridized carbons (Fsp3) is 0.304. The van der Waals surface area contributed by atoms with E-state index in [1.165, 1.54) is 28.3 Å². The van der Waals surface area contributed by atoms with Crippen LogP contribution in [0.3, 0.4) is 0 Å². The van der Waals surface area contributed by atoms with Gasteiger partial charge >= 0.3 is 0 Å². The van der Waals surface area contributed by atoms with Crippen LogP contribution in [0.1, 0.15) is 42.9 Å². The van der Waals surface area contributed by atoms with Crippen molar-refractivity contribution in [2.24, 2.45) is 0 Å². The average molecular weight is 379 g/mol. The second-order valence-electron chi connectivity index (χ2n) is 6.98. The first kappa shape index (κ1) is 19.4. The number of carbonyl (C=O) groups is 1. The van der Waals surface area contributed by atoms with Gasteiger partial charge in [0.15, 0.2) is 0 Å². The van der Waals surface area contributed by atoms with Gasteiger partial charge in [0.2, 0.25) is 5.91 Å². The number of carbonyl (C=O) groups excluding carboxylic acids is 1. The molecule has 0 saturated heterocycles. The molecule has 3 nitrogen and oxygen atoms in total. The molecule has 0 aliphatic heterocycles. The largest absolute Gasteiger partial charge is 0.325 e. The summed E-state index contributed by atoms with van der Waals surface area (Å²) in [5, 5.41) is 5.13. The summed E-state index contributed by atoms with van der Waals surface area (Å²) in [6, 6.07) is 16.3. The molecule has 4 heteroatoms. The van der Waals surface area contributed by atoms with Crippen LogP contribution in [-0.4, -0.2) is 16.6 Å². The lowest BCUT2D eigenvalue weighted by Crippen LogP contribution is -2.16. The van der Waals surface area contributed by atoms with E-state index in [0.717, 1.165) is 28.2 Å². The smallest absolute Gasteiger partial charge is 0.234 e. The molecule has 0 aliphatic rings. The predicted molar refractivity (Wildman–Crippen MR) is 116 cm³/mol. The summed E-state index contributed by atoms with van der Waals surface area (Å²) >= 11 is 1.48. The van der Waals surface area contributed by atoms with Crippen LogP contribution in [0.15, 0.2) is 53.6 Å². The van der Waals surface area contributed by atoms with Gasteiger partial charge in [-0.2, -0.15) is 0 Å². The molecule has 27 heavy (non-hydrogen) atoms. The van der Waals surface area contributed by atoms with Crippen LogP contribution in [0.2, 0.25) is 0 Å². The van der Waals surface area contributed by atoms with Crippen molar-refractivity contribution < 1.29 is 4.79 Å². The quantitative estimate of drug-likeness (QED) is 0.527. The molecule has 0 bridgehead atoms. The van der Waals surface area contributed by atoms with Gasteiger partial charge in [-0.15, -0.1) is 0 Å². The topological polar surface area (TPSA) is 42.0 Å². The van der Waals surface area contributed by atoms with E-state index in [0.29, 0.717) is 11.7 Å². The van der Waals surface area contributed by atoms with Crippen LogP contribution in [0.25, 0.3) is 10.9 Å². The highest BCUT2D eigenvalue weighted by molar-refractivity contribution is 7.99. The van der Waals surface area contributed by atoms with Crippen LogP contribution >= 0.6 is 11.8 Å². The summed E-state index contributed by atoms with van der Waals surface area (Å²) in [6.45, 7) is 8.51. The van der Waals surface area contributed by atoms with Gasteiger partial charge in [0.25, 0.3) is 0 Å². The van der Waals surface area contributed by atoms with Gasteiger partial charge < -0.3 is 5.32 Å². The van der Waals surface area contributed by atoms with Gasteiger partial charge in [0, 0.05) is 11.1 Å². The maximum atomic E-state index is 12.5. The van der Waals surface area contributed by atoms with Gasteiger partial charge in [-0.3, -0.25) is 4.79 Å². The molecule has 0 saturated carbocycles. The molecule has 0 fully saturated rings. The molecule has 2 aromatic carbocycles. The number of anilines is 1. The molecule has 0 spiro atoms. The van der Waals surface area contributed by atoms with Crippen LogP contribution in [-0.2, 0) is 4.79 Å².